The SMILES string of the molecule is COc1ccc(CC(=O)N[C@@H](Cc2cc(=O)[nH]c(C)n2)c2ccc(Cl)cc2)cc1. The average Bonchev–Trinajstić information content (AvgIpc) is 2.68. The average molecular weight is 412 g/mol. The molecule has 150 valence electrons. The lowest BCUT2D eigenvalue weighted by molar-refractivity contribution is -0.121. The number of ether oxygens (including phenoxy) is 1. The maximum atomic E-state index is 12.7. The molecule has 0 unspecified atom stereocenters. The number of halogens is 1. The van der Waals surface area contributed by atoms with Gasteiger partial charge >= 0.3 is 0 Å². The molecule has 3 rings (SSSR count). The molecule has 3 aromatic rings. The van der Waals surface area contributed by atoms with Crippen molar-refractivity contribution in [3.63, 3.8) is 0 Å². The van der Waals surface area contributed by atoms with E-state index in [2.05, 4.69) is 15.3 Å². The van der Waals surface area contributed by atoms with Gasteiger partial charge in [0.05, 0.1) is 25.3 Å². The van der Waals surface area contributed by atoms with E-state index < -0.39 is 0 Å². The molecule has 29 heavy (non-hydrogen) atoms. The smallest absolute Gasteiger partial charge is 0.251 e. The molecular formula is C22H22ClN3O3. The Balaban J connectivity index is 1.79. The fourth-order valence-electron chi connectivity index (χ4n) is 3.08. The van der Waals surface area contributed by atoms with Crippen molar-refractivity contribution in [3.05, 3.63) is 92.6 Å². The van der Waals surface area contributed by atoms with Crippen LogP contribution in [0.5, 0.6) is 5.75 Å². The summed E-state index contributed by atoms with van der Waals surface area (Å²) in [4.78, 5) is 31.5. The summed E-state index contributed by atoms with van der Waals surface area (Å²) >= 11 is 6.00. The molecule has 1 atom stereocenters. The van der Waals surface area contributed by atoms with Crippen molar-refractivity contribution >= 4 is 17.5 Å². The Morgan fingerprint density at radius 3 is 2.48 bits per heavy atom. The quantitative estimate of drug-likeness (QED) is 0.624. The highest BCUT2D eigenvalue weighted by Gasteiger charge is 2.17. The minimum Gasteiger partial charge on any atom is -0.497 e. The van der Waals surface area contributed by atoms with E-state index >= 15 is 0 Å². The van der Waals surface area contributed by atoms with Gasteiger partial charge in [-0.3, -0.25) is 9.59 Å². The Bertz CT molecular complexity index is 1030. The Hall–Kier alpha value is -3.12. The van der Waals surface area contributed by atoms with Gasteiger partial charge in [0, 0.05) is 17.5 Å². The third kappa shape index (κ3) is 5.93. The first-order valence-corrected chi connectivity index (χ1v) is 9.55. The van der Waals surface area contributed by atoms with Gasteiger partial charge in [-0.2, -0.15) is 0 Å². The molecular weight excluding hydrogens is 390 g/mol. The van der Waals surface area contributed by atoms with Crippen LogP contribution in [0, 0.1) is 6.92 Å². The molecule has 0 aliphatic carbocycles. The van der Waals surface area contributed by atoms with Crippen molar-refractivity contribution in [2.45, 2.75) is 25.8 Å². The molecule has 2 N–H and O–H groups in total. The normalized spacial score (nSPS) is 11.7. The summed E-state index contributed by atoms with van der Waals surface area (Å²) in [6.07, 6.45) is 0.622. The predicted molar refractivity (Wildman–Crippen MR) is 112 cm³/mol. The van der Waals surface area contributed by atoms with E-state index in [1.54, 1.807) is 26.2 Å². The van der Waals surface area contributed by atoms with E-state index in [4.69, 9.17) is 16.3 Å². The number of hydrogen-bond acceptors (Lipinski definition) is 4. The molecule has 1 heterocycles. The van der Waals surface area contributed by atoms with Gasteiger partial charge < -0.3 is 15.0 Å². The van der Waals surface area contributed by atoms with Gasteiger partial charge in [0.15, 0.2) is 0 Å². The lowest BCUT2D eigenvalue weighted by Crippen LogP contribution is -2.31. The number of benzene rings is 2. The standard InChI is InChI=1S/C22H22ClN3O3/c1-14-24-18(13-22(28)25-14)12-20(16-5-7-17(23)8-6-16)26-21(27)11-15-3-9-19(29-2)10-4-15/h3-10,13,20H,11-12H2,1-2H3,(H,26,27)(H,24,25,28)/t20-/m0/s1. The molecule has 0 fully saturated rings. The summed E-state index contributed by atoms with van der Waals surface area (Å²) in [5.41, 5.74) is 2.16. The predicted octanol–water partition coefficient (Wildman–Crippen LogP) is 3.38. The number of nitrogens with zero attached hydrogens (tertiary/aromatic N) is 1. The van der Waals surface area contributed by atoms with E-state index in [1.165, 1.54) is 6.07 Å². The molecule has 2 aromatic carbocycles. The van der Waals surface area contributed by atoms with Crippen molar-refractivity contribution < 1.29 is 9.53 Å². The molecule has 1 amide bonds. The Morgan fingerprint density at radius 1 is 1.17 bits per heavy atom. The van der Waals surface area contributed by atoms with Crippen LogP contribution in [0.25, 0.3) is 0 Å². The van der Waals surface area contributed by atoms with Crippen LogP contribution in [-0.2, 0) is 17.6 Å². The zero-order valence-corrected chi connectivity index (χ0v) is 17.0. The van der Waals surface area contributed by atoms with Gasteiger partial charge in [-0.05, 0) is 42.3 Å². The topological polar surface area (TPSA) is 84.1 Å². The zero-order chi connectivity index (χ0) is 20.8. The van der Waals surface area contributed by atoms with Gasteiger partial charge in [0.1, 0.15) is 11.6 Å². The fourth-order valence-corrected chi connectivity index (χ4v) is 3.20. The summed E-state index contributed by atoms with van der Waals surface area (Å²) in [6.45, 7) is 1.73. The van der Waals surface area contributed by atoms with Gasteiger partial charge in [-0.1, -0.05) is 35.9 Å². The van der Waals surface area contributed by atoms with E-state index in [0.29, 0.717) is 23.0 Å². The Kier molecular flexibility index (Phi) is 6.67. The first kappa shape index (κ1) is 20.6. The second kappa shape index (κ2) is 9.39. The number of aromatic amines is 1. The van der Waals surface area contributed by atoms with Crippen LogP contribution >= 0.6 is 11.6 Å². The number of carbonyl (C=O) groups is 1. The lowest BCUT2D eigenvalue weighted by atomic mass is 10.0. The molecule has 0 radical (unpaired) electrons. The number of aromatic nitrogens is 2. The maximum Gasteiger partial charge on any atom is 0.251 e. The summed E-state index contributed by atoms with van der Waals surface area (Å²) in [5, 5.41) is 3.66. The van der Waals surface area contributed by atoms with Crippen molar-refractivity contribution in [2.24, 2.45) is 0 Å². The summed E-state index contributed by atoms with van der Waals surface area (Å²) in [5.74, 6) is 1.15. The van der Waals surface area contributed by atoms with Crippen molar-refractivity contribution in [2.75, 3.05) is 7.11 Å². The van der Waals surface area contributed by atoms with Crippen LogP contribution in [-0.4, -0.2) is 23.0 Å². The van der Waals surface area contributed by atoms with Crippen LogP contribution in [0.2, 0.25) is 5.02 Å². The highest BCUT2D eigenvalue weighted by atomic mass is 35.5. The molecule has 0 saturated carbocycles. The summed E-state index contributed by atoms with van der Waals surface area (Å²) < 4.78 is 5.15. The number of rotatable bonds is 7. The number of hydrogen-bond donors (Lipinski definition) is 2. The van der Waals surface area contributed by atoms with Crippen molar-refractivity contribution in [1.29, 1.82) is 0 Å². The highest BCUT2D eigenvalue weighted by molar-refractivity contribution is 6.30. The summed E-state index contributed by atoms with van der Waals surface area (Å²) in [7, 11) is 1.60. The van der Waals surface area contributed by atoms with Gasteiger partial charge in [-0.25, -0.2) is 4.98 Å². The second-order valence-corrected chi connectivity index (χ2v) is 7.16. The number of nitrogens with one attached hydrogen (secondary N) is 2. The van der Waals surface area contributed by atoms with Crippen LogP contribution < -0.4 is 15.6 Å². The minimum absolute atomic E-state index is 0.128. The zero-order valence-electron chi connectivity index (χ0n) is 16.2. The van der Waals surface area contributed by atoms with Crippen LogP contribution in [0.1, 0.15) is 28.7 Å². The molecule has 0 spiro atoms. The number of H-pyrrole nitrogens is 1. The van der Waals surface area contributed by atoms with Crippen molar-refractivity contribution in [3.8, 4) is 5.75 Å². The minimum atomic E-state index is -0.341. The molecule has 1 aromatic heterocycles. The molecule has 0 bridgehead atoms. The molecule has 0 aliphatic rings. The van der Waals surface area contributed by atoms with Gasteiger partial charge in [0.2, 0.25) is 5.91 Å². The number of carbonyl (C=O) groups excluding carboxylic acids is 1. The maximum absolute atomic E-state index is 12.7. The van der Waals surface area contributed by atoms with E-state index in [1.807, 2.05) is 36.4 Å². The van der Waals surface area contributed by atoms with E-state index in [-0.39, 0.29) is 23.9 Å². The number of methoxy groups -OCH3 is 1. The molecule has 0 aliphatic heterocycles. The highest BCUT2D eigenvalue weighted by Crippen LogP contribution is 2.20. The Morgan fingerprint density at radius 2 is 1.86 bits per heavy atom. The van der Waals surface area contributed by atoms with Crippen LogP contribution in [0.3, 0.4) is 0 Å². The van der Waals surface area contributed by atoms with Crippen LogP contribution in [0.15, 0.2) is 59.4 Å². The van der Waals surface area contributed by atoms with Gasteiger partial charge in [-0.15, -0.1) is 0 Å². The molecule has 0 saturated heterocycles. The third-order valence-corrected chi connectivity index (χ3v) is 4.71. The second-order valence-electron chi connectivity index (χ2n) is 6.72. The monoisotopic (exact) mass is 411 g/mol. The van der Waals surface area contributed by atoms with Gasteiger partial charge in [0.25, 0.3) is 5.56 Å². The third-order valence-electron chi connectivity index (χ3n) is 4.46. The Labute approximate surface area is 173 Å². The van der Waals surface area contributed by atoms with Crippen LogP contribution in [0.4, 0.5) is 0 Å². The number of amides is 1. The first-order valence-electron chi connectivity index (χ1n) is 9.17. The molecule has 7 heteroatoms. The summed E-state index contributed by atoms with van der Waals surface area (Å²) in [6, 6.07) is 15.7. The largest absolute Gasteiger partial charge is 0.497 e. The molecule has 6 nitrogen and oxygen atoms in total. The van der Waals surface area contributed by atoms with E-state index in [9.17, 15) is 9.59 Å². The van der Waals surface area contributed by atoms with E-state index in [0.717, 1.165) is 16.9 Å². The number of aryl methyl sites for hydroxylation is 1. The first-order chi connectivity index (χ1) is 13.9. The fraction of sp³-hybridized carbons (Fsp3) is 0.227. The lowest BCUT2D eigenvalue weighted by Gasteiger charge is -2.19. The van der Waals surface area contributed by atoms with Crippen molar-refractivity contribution in [1.82, 2.24) is 15.3 Å².